The van der Waals surface area contributed by atoms with Gasteiger partial charge < -0.3 is 19.5 Å². The van der Waals surface area contributed by atoms with Crippen molar-refractivity contribution in [1.82, 2.24) is 14.8 Å². The average molecular weight is 363 g/mol. The van der Waals surface area contributed by atoms with Crippen LogP contribution in [0.25, 0.3) is 0 Å². The van der Waals surface area contributed by atoms with Crippen LogP contribution in [-0.2, 0) is 11.3 Å². The molecule has 0 atom stereocenters. The molecular weight excluding hydrogens is 334 g/mol. The van der Waals surface area contributed by atoms with Crippen LogP contribution in [0.2, 0.25) is 0 Å². The number of aromatic nitrogens is 1. The molecule has 1 fully saturated rings. The summed E-state index contributed by atoms with van der Waals surface area (Å²) in [6.07, 6.45) is 1.83. The van der Waals surface area contributed by atoms with Crippen molar-refractivity contribution in [2.75, 3.05) is 13.7 Å². The lowest BCUT2D eigenvalue weighted by atomic mass is 10.1. The number of nitrogens with zero attached hydrogens (tertiary/aromatic N) is 2. The highest BCUT2D eigenvalue weighted by Crippen LogP contribution is 2.29. The molecule has 1 aliphatic carbocycles. The number of nitrogens with one attached hydrogen (secondary N) is 1. The van der Waals surface area contributed by atoms with Gasteiger partial charge in [-0.1, -0.05) is 0 Å². The summed E-state index contributed by atoms with van der Waals surface area (Å²) in [6, 6.07) is -0.0876. The molecule has 1 aliphatic rings. The van der Waals surface area contributed by atoms with Crippen molar-refractivity contribution >= 4 is 17.8 Å². The van der Waals surface area contributed by atoms with Crippen molar-refractivity contribution in [1.29, 1.82) is 0 Å². The van der Waals surface area contributed by atoms with Crippen molar-refractivity contribution in [2.45, 2.75) is 66.1 Å². The van der Waals surface area contributed by atoms with E-state index in [0.29, 0.717) is 23.4 Å². The summed E-state index contributed by atoms with van der Waals surface area (Å²) in [4.78, 5) is 39.2. The van der Waals surface area contributed by atoms with Crippen molar-refractivity contribution in [3.63, 3.8) is 0 Å². The molecule has 26 heavy (non-hydrogen) atoms. The molecule has 2 amide bonds. The SMILES string of the molecule is CCn1c(C)c(C(=O)CN(C(=O)NC(C)C)C2CC2)c(C)c1C(=O)OC. The monoisotopic (exact) mass is 363 g/mol. The van der Waals surface area contributed by atoms with E-state index in [0.717, 1.165) is 18.5 Å². The Balaban J connectivity index is 2.32. The number of Topliss-reactive ketones (excluding diaryl/α,β-unsaturated/α-hetero) is 1. The summed E-state index contributed by atoms with van der Waals surface area (Å²) in [6.45, 7) is 9.86. The van der Waals surface area contributed by atoms with Crippen LogP contribution in [-0.4, -0.2) is 53.0 Å². The lowest BCUT2D eigenvalue weighted by Crippen LogP contribution is -2.46. The maximum atomic E-state index is 13.0. The molecule has 7 heteroatoms. The third kappa shape index (κ3) is 3.92. The smallest absolute Gasteiger partial charge is 0.354 e. The van der Waals surface area contributed by atoms with Crippen LogP contribution in [0.3, 0.4) is 0 Å². The van der Waals surface area contributed by atoms with Gasteiger partial charge in [-0.05, 0) is 53.0 Å². The van der Waals surface area contributed by atoms with E-state index in [1.807, 2.05) is 27.7 Å². The predicted octanol–water partition coefficient (Wildman–Crippen LogP) is 2.68. The minimum absolute atomic E-state index is 0.00873. The van der Waals surface area contributed by atoms with Gasteiger partial charge in [0.15, 0.2) is 5.78 Å². The van der Waals surface area contributed by atoms with Crippen LogP contribution in [0.5, 0.6) is 0 Å². The topological polar surface area (TPSA) is 80.6 Å². The summed E-state index contributed by atoms with van der Waals surface area (Å²) in [7, 11) is 1.33. The standard InChI is InChI=1S/C19H29N3O4/c1-7-21-13(5)16(12(4)17(21)18(24)26-6)15(23)10-22(14-8-9-14)19(25)20-11(2)3/h11,14H,7-10H2,1-6H3,(H,20,25). The number of carbonyl (C=O) groups excluding carboxylic acids is 3. The zero-order valence-corrected chi connectivity index (χ0v) is 16.5. The second kappa shape index (κ2) is 7.93. The van der Waals surface area contributed by atoms with Crippen LogP contribution in [0.15, 0.2) is 0 Å². The Bertz CT molecular complexity index is 717. The summed E-state index contributed by atoms with van der Waals surface area (Å²) < 4.78 is 6.67. The zero-order valence-electron chi connectivity index (χ0n) is 16.5. The molecule has 1 aromatic heterocycles. The molecule has 1 heterocycles. The number of hydrogen-bond acceptors (Lipinski definition) is 4. The van der Waals surface area contributed by atoms with Crippen molar-refractivity contribution < 1.29 is 19.1 Å². The molecule has 0 bridgehead atoms. The molecule has 1 saturated carbocycles. The van der Waals surface area contributed by atoms with E-state index in [2.05, 4.69) is 5.32 Å². The van der Waals surface area contributed by atoms with Crippen LogP contribution < -0.4 is 5.32 Å². The molecular formula is C19H29N3O4. The zero-order chi connectivity index (χ0) is 19.6. The lowest BCUT2D eigenvalue weighted by Gasteiger charge is -2.23. The van der Waals surface area contributed by atoms with Crippen molar-refractivity contribution in [2.24, 2.45) is 0 Å². The molecule has 0 aromatic carbocycles. The minimum Gasteiger partial charge on any atom is -0.464 e. The summed E-state index contributed by atoms with van der Waals surface area (Å²) in [5, 5.41) is 2.86. The Hall–Kier alpha value is -2.31. The molecule has 0 unspecified atom stereocenters. The van der Waals surface area contributed by atoms with E-state index in [1.54, 1.807) is 16.4 Å². The van der Waals surface area contributed by atoms with Gasteiger partial charge in [-0.2, -0.15) is 0 Å². The van der Waals surface area contributed by atoms with E-state index >= 15 is 0 Å². The number of ether oxygens (including phenoxy) is 1. The third-order valence-electron chi connectivity index (χ3n) is 4.72. The van der Waals surface area contributed by atoms with Crippen LogP contribution in [0, 0.1) is 13.8 Å². The molecule has 0 saturated heterocycles. The fourth-order valence-corrected chi connectivity index (χ4v) is 3.38. The Kier molecular flexibility index (Phi) is 6.10. The number of hydrogen-bond donors (Lipinski definition) is 1. The molecule has 144 valence electrons. The first kappa shape index (κ1) is 20.0. The van der Waals surface area contributed by atoms with E-state index < -0.39 is 5.97 Å². The van der Waals surface area contributed by atoms with E-state index in [9.17, 15) is 14.4 Å². The molecule has 0 spiro atoms. The maximum Gasteiger partial charge on any atom is 0.354 e. The van der Waals surface area contributed by atoms with Gasteiger partial charge in [0.1, 0.15) is 5.69 Å². The molecule has 7 nitrogen and oxygen atoms in total. The third-order valence-corrected chi connectivity index (χ3v) is 4.72. The van der Waals surface area contributed by atoms with E-state index in [-0.39, 0.29) is 30.4 Å². The molecule has 0 aliphatic heterocycles. The van der Waals surface area contributed by atoms with Gasteiger partial charge in [0.2, 0.25) is 0 Å². The Morgan fingerprint density at radius 1 is 1.27 bits per heavy atom. The first-order valence-corrected chi connectivity index (χ1v) is 9.11. The highest BCUT2D eigenvalue weighted by atomic mass is 16.5. The van der Waals surface area contributed by atoms with Crippen LogP contribution in [0.1, 0.15) is 65.7 Å². The fourth-order valence-electron chi connectivity index (χ4n) is 3.38. The van der Waals surface area contributed by atoms with Gasteiger partial charge >= 0.3 is 12.0 Å². The van der Waals surface area contributed by atoms with E-state index in [1.165, 1.54) is 7.11 Å². The Morgan fingerprint density at radius 2 is 1.88 bits per heavy atom. The molecule has 1 N–H and O–H groups in total. The van der Waals surface area contributed by atoms with Gasteiger partial charge in [-0.15, -0.1) is 0 Å². The number of methoxy groups -OCH3 is 1. The molecule has 0 radical (unpaired) electrons. The highest BCUT2D eigenvalue weighted by molar-refractivity contribution is 6.04. The van der Waals surface area contributed by atoms with Gasteiger partial charge in [0, 0.05) is 29.9 Å². The molecule has 2 rings (SSSR count). The number of esters is 1. The van der Waals surface area contributed by atoms with Crippen molar-refractivity contribution in [3.05, 3.63) is 22.5 Å². The summed E-state index contributed by atoms with van der Waals surface area (Å²) in [5.41, 5.74) is 2.26. The first-order valence-electron chi connectivity index (χ1n) is 9.11. The minimum atomic E-state index is -0.455. The maximum absolute atomic E-state index is 13.0. The first-order chi connectivity index (χ1) is 12.2. The summed E-state index contributed by atoms with van der Waals surface area (Å²) >= 11 is 0. The Morgan fingerprint density at radius 3 is 2.35 bits per heavy atom. The lowest BCUT2D eigenvalue weighted by molar-refractivity contribution is 0.0587. The number of urea groups is 1. The van der Waals surface area contributed by atoms with Gasteiger partial charge in [0.05, 0.1) is 13.7 Å². The van der Waals surface area contributed by atoms with Crippen LogP contribution >= 0.6 is 0 Å². The van der Waals surface area contributed by atoms with E-state index in [4.69, 9.17) is 4.74 Å². The van der Waals surface area contributed by atoms with Gasteiger partial charge in [0.25, 0.3) is 0 Å². The van der Waals surface area contributed by atoms with Gasteiger partial charge in [-0.25, -0.2) is 9.59 Å². The van der Waals surface area contributed by atoms with Crippen LogP contribution in [0.4, 0.5) is 4.79 Å². The highest BCUT2D eigenvalue weighted by Gasteiger charge is 2.35. The largest absolute Gasteiger partial charge is 0.464 e. The number of amides is 2. The molecule has 1 aromatic rings. The predicted molar refractivity (Wildman–Crippen MR) is 98.6 cm³/mol. The Labute approximate surface area is 154 Å². The summed E-state index contributed by atoms with van der Waals surface area (Å²) in [5.74, 6) is -0.605. The second-order valence-electron chi connectivity index (χ2n) is 7.06. The fraction of sp³-hybridized carbons (Fsp3) is 0.632. The number of ketones is 1. The second-order valence-corrected chi connectivity index (χ2v) is 7.06. The number of carbonyl (C=O) groups is 3. The van der Waals surface area contributed by atoms with Crippen molar-refractivity contribution in [3.8, 4) is 0 Å². The quantitative estimate of drug-likeness (QED) is 0.596. The average Bonchev–Trinajstić information content (AvgIpc) is 3.36. The van der Waals surface area contributed by atoms with Gasteiger partial charge in [-0.3, -0.25) is 4.79 Å². The normalized spacial score (nSPS) is 13.7. The number of rotatable bonds is 7.